The second kappa shape index (κ2) is 10.5. The number of nitrogens with one attached hydrogen (secondary N) is 1. The Hall–Kier alpha value is -2.57. The maximum Gasteiger partial charge on any atom is 0.319 e. The van der Waals surface area contributed by atoms with E-state index in [0.29, 0.717) is 39.0 Å². The summed E-state index contributed by atoms with van der Waals surface area (Å²) in [5.74, 6) is -0.376. The Kier molecular flexibility index (Phi) is 8.26. The average molecular weight is 417 g/mol. The fraction of sp³-hybridized carbons (Fsp3) is 0.609. The number of likely N-dealkylation sites (tertiary alicyclic amines) is 1. The topological polar surface area (TPSA) is 73.0 Å². The zero-order valence-electron chi connectivity index (χ0n) is 19.2. The van der Waals surface area contributed by atoms with E-state index in [1.807, 2.05) is 51.7 Å². The quantitative estimate of drug-likeness (QED) is 0.774. The molecule has 0 atom stereocenters. The summed E-state index contributed by atoms with van der Waals surface area (Å²) >= 11 is 0. The molecule has 1 fully saturated rings. The van der Waals surface area contributed by atoms with Gasteiger partial charge >= 0.3 is 6.03 Å². The predicted molar refractivity (Wildman–Crippen MR) is 120 cm³/mol. The molecule has 1 aromatic carbocycles. The molecular formula is C23H36N4O3. The van der Waals surface area contributed by atoms with E-state index in [1.54, 1.807) is 11.9 Å². The minimum absolute atomic E-state index is 0.0180. The maximum absolute atomic E-state index is 12.8. The number of amides is 4. The summed E-state index contributed by atoms with van der Waals surface area (Å²) in [7, 11) is 1.67. The van der Waals surface area contributed by atoms with Crippen LogP contribution in [0.5, 0.6) is 0 Å². The third-order valence-corrected chi connectivity index (χ3v) is 5.85. The molecule has 0 unspecified atom stereocenters. The summed E-state index contributed by atoms with van der Waals surface area (Å²) in [6, 6.07) is 4.11. The first-order chi connectivity index (χ1) is 14.2. The second-order valence-corrected chi connectivity index (χ2v) is 8.23. The van der Waals surface area contributed by atoms with Gasteiger partial charge < -0.3 is 20.0 Å². The number of benzene rings is 1. The average Bonchev–Trinajstić information content (AvgIpc) is 2.71. The molecule has 0 spiro atoms. The molecule has 1 aromatic rings. The summed E-state index contributed by atoms with van der Waals surface area (Å²) in [5.41, 5.74) is 4.00. The van der Waals surface area contributed by atoms with Gasteiger partial charge in [-0.3, -0.25) is 9.59 Å². The van der Waals surface area contributed by atoms with Crippen molar-refractivity contribution < 1.29 is 14.4 Å². The Morgan fingerprint density at radius 2 is 1.57 bits per heavy atom. The molecule has 0 saturated carbocycles. The van der Waals surface area contributed by atoms with E-state index in [4.69, 9.17) is 0 Å². The molecule has 4 amide bonds. The molecule has 30 heavy (non-hydrogen) atoms. The van der Waals surface area contributed by atoms with E-state index in [9.17, 15) is 14.4 Å². The van der Waals surface area contributed by atoms with Gasteiger partial charge in [0.15, 0.2) is 0 Å². The van der Waals surface area contributed by atoms with Crippen LogP contribution in [0, 0.1) is 26.7 Å². The number of anilines is 1. The number of hydrogen-bond donors (Lipinski definition) is 1. The second-order valence-electron chi connectivity index (χ2n) is 8.23. The number of nitrogens with zero attached hydrogens (tertiary/aromatic N) is 3. The first kappa shape index (κ1) is 23.7. The van der Waals surface area contributed by atoms with Gasteiger partial charge in [0.05, 0.1) is 6.54 Å². The van der Waals surface area contributed by atoms with E-state index < -0.39 is 0 Å². The summed E-state index contributed by atoms with van der Waals surface area (Å²) in [5, 5.41) is 2.95. The number of carbonyl (C=O) groups excluding carboxylic acids is 3. The molecule has 1 N–H and O–H groups in total. The Bertz CT molecular complexity index is 758. The summed E-state index contributed by atoms with van der Waals surface area (Å²) in [6.45, 7) is 12.5. The van der Waals surface area contributed by atoms with Crippen molar-refractivity contribution in [2.45, 2.75) is 47.5 Å². The lowest BCUT2D eigenvalue weighted by molar-refractivity contribution is -0.138. The highest BCUT2D eigenvalue weighted by Crippen LogP contribution is 2.23. The SMILES string of the molecule is CCN(CC)C(=O)N1CCC(C(=O)N(C)CC(=O)Nc2c(C)cc(C)cc2C)CC1. The lowest BCUT2D eigenvalue weighted by Crippen LogP contribution is -2.49. The van der Waals surface area contributed by atoms with Crippen molar-refractivity contribution >= 4 is 23.5 Å². The number of aryl methyl sites for hydroxylation is 3. The third-order valence-electron chi connectivity index (χ3n) is 5.85. The van der Waals surface area contributed by atoms with Crippen LogP contribution in [0.3, 0.4) is 0 Å². The van der Waals surface area contributed by atoms with E-state index in [0.717, 1.165) is 22.4 Å². The normalized spacial score (nSPS) is 14.4. The highest BCUT2D eigenvalue weighted by molar-refractivity contribution is 5.96. The van der Waals surface area contributed by atoms with Crippen molar-refractivity contribution in [1.29, 1.82) is 0 Å². The third kappa shape index (κ3) is 5.74. The van der Waals surface area contributed by atoms with Gasteiger partial charge in [0.1, 0.15) is 0 Å². The number of hydrogen-bond acceptors (Lipinski definition) is 3. The van der Waals surface area contributed by atoms with Crippen LogP contribution in [-0.2, 0) is 9.59 Å². The molecule has 7 nitrogen and oxygen atoms in total. The molecule has 1 saturated heterocycles. The van der Waals surface area contributed by atoms with Gasteiger partial charge in [-0.25, -0.2) is 4.79 Å². The molecule has 0 bridgehead atoms. The van der Waals surface area contributed by atoms with E-state index in [-0.39, 0.29) is 30.3 Å². The lowest BCUT2D eigenvalue weighted by atomic mass is 9.95. The van der Waals surface area contributed by atoms with Crippen LogP contribution in [-0.4, -0.2) is 72.3 Å². The van der Waals surface area contributed by atoms with Gasteiger partial charge in [0.25, 0.3) is 0 Å². The van der Waals surface area contributed by atoms with Crippen LogP contribution < -0.4 is 5.32 Å². The summed E-state index contributed by atoms with van der Waals surface area (Å²) in [6.07, 6.45) is 1.27. The minimum atomic E-state index is -0.199. The molecule has 0 aliphatic carbocycles. The predicted octanol–water partition coefficient (Wildman–Crippen LogP) is 3.18. The van der Waals surface area contributed by atoms with Crippen molar-refractivity contribution in [3.8, 4) is 0 Å². The Balaban J connectivity index is 1.88. The van der Waals surface area contributed by atoms with Crippen LogP contribution in [0.1, 0.15) is 43.4 Å². The lowest BCUT2D eigenvalue weighted by Gasteiger charge is -2.35. The molecule has 1 aliphatic heterocycles. The van der Waals surface area contributed by atoms with Crippen molar-refractivity contribution in [2.24, 2.45) is 5.92 Å². The first-order valence-corrected chi connectivity index (χ1v) is 10.8. The molecule has 166 valence electrons. The van der Waals surface area contributed by atoms with E-state index in [2.05, 4.69) is 5.32 Å². The fourth-order valence-electron chi connectivity index (χ4n) is 4.17. The van der Waals surface area contributed by atoms with Crippen molar-refractivity contribution in [2.75, 3.05) is 45.1 Å². The zero-order valence-corrected chi connectivity index (χ0v) is 19.2. The number of likely N-dealkylation sites (N-methyl/N-ethyl adjacent to an activating group) is 1. The molecule has 0 aromatic heterocycles. The number of piperidine rings is 1. The molecule has 7 heteroatoms. The smallest absolute Gasteiger partial charge is 0.319 e. The van der Waals surface area contributed by atoms with Crippen molar-refractivity contribution in [3.05, 3.63) is 28.8 Å². The van der Waals surface area contributed by atoms with Crippen LogP contribution in [0.25, 0.3) is 0 Å². The molecule has 1 heterocycles. The Morgan fingerprint density at radius 1 is 1.03 bits per heavy atom. The van der Waals surface area contributed by atoms with Crippen molar-refractivity contribution in [3.63, 3.8) is 0 Å². The first-order valence-electron chi connectivity index (χ1n) is 10.8. The number of urea groups is 1. The van der Waals surface area contributed by atoms with Crippen LogP contribution in [0.4, 0.5) is 10.5 Å². The monoisotopic (exact) mass is 416 g/mol. The van der Waals surface area contributed by atoms with E-state index >= 15 is 0 Å². The highest BCUT2D eigenvalue weighted by atomic mass is 16.2. The fourth-order valence-corrected chi connectivity index (χ4v) is 4.17. The maximum atomic E-state index is 12.8. The molecule has 0 radical (unpaired) electrons. The Morgan fingerprint density at radius 3 is 2.07 bits per heavy atom. The highest BCUT2D eigenvalue weighted by Gasteiger charge is 2.30. The van der Waals surface area contributed by atoms with Gasteiger partial charge in [0.2, 0.25) is 11.8 Å². The van der Waals surface area contributed by atoms with Crippen LogP contribution in [0.15, 0.2) is 12.1 Å². The van der Waals surface area contributed by atoms with Gasteiger partial charge in [-0.15, -0.1) is 0 Å². The molecular weight excluding hydrogens is 380 g/mol. The largest absolute Gasteiger partial charge is 0.336 e. The number of rotatable bonds is 6. The summed E-state index contributed by atoms with van der Waals surface area (Å²) in [4.78, 5) is 42.9. The van der Waals surface area contributed by atoms with Gasteiger partial charge in [-0.1, -0.05) is 17.7 Å². The van der Waals surface area contributed by atoms with Gasteiger partial charge in [-0.2, -0.15) is 0 Å². The van der Waals surface area contributed by atoms with Crippen molar-refractivity contribution in [1.82, 2.24) is 14.7 Å². The molecule has 2 rings (SSSR count). The Labute approximate surface area is 180 Å². The van der Waals surface area contributed by atoms with Gasteiger partial charge in [-0.05, 0) is 58.6 Å². The van der Waals surface area contributed by atoms with Gasteiger partial charge in [0, 0.05) is 44.8 Å². The zero-order chi connectivity index (χ0) is 22.4. The molecule has 1 aliphatic rings. The van der Waals surface area contributed by atoms with Crippen LogP contribution >= 0.6 is 0 Å². The van der Waals surface area contributed by atoms with E-state index in [1.165, 1.54) is 4.90 Å². The van der Waals surface area contributed by atoms with Crippen LogP contribution in [0.2, 0.25) is 0 Å². The number of carbonyl (C=O) groups is 3. The minimum Gasteiger partial charge on any atom is -0.336 e. The standard InChI is InChI=1S/C23H36N4O3/c1-7-26(8-2)23(30)27-11-9-19(10-12-27)22(29)25(6)15-20(28)24-21-17(4)13-16(3)14-18(21)5/h13-14,19H,7-12,15H2,1-6H3,(H,24,28). The summed E-state index contributed by atoms with van der Waals surface area (Å²) < 4.78 is 0.